The van der Waals surface area contributed by atoms with Crippen molar-refractivity contribution in [1.82, 2.24) is 14.4 Å². The van der Waals surface area contributed by atoms with Crippen LogP contribution in [-0.4, -0.2) is 34.7 Å². The molecule has 0 aliphatic carbocycles. The number of rotatable bonds is 4. The molecule has 5 nitrogen and oxygen atoms in total. The smallest absolute Gasteiger partial charge is 0.259 e. The highest BCUT2D eigenvalue weighted by molar-refractivity contribution is 9.10. The molecular weight excluding hydrogens is 274 g/mol. The number of halogens is 1. The van der Waals surface area contributed by atoms with Gasteiger partial charge < -0.3 is 9.47 Å². The third-order valence-corrected chi connectivity index (χ3v) is 2.41. The van der Waals surface area contributed by atoms with Crippen LogP contribution < -0.4 is 4.74 Å². The van der Waals surface area contributed by atoms with Gasteiger partial charge in [0.2, 0.25) is 5.65 Å². The highest BCUT2D eigenvalue weighted by atomic mass is 79.9. The Morgan fingerprint density at radius 2 is 2.12 bits per heavy atom. The summed E-state index contributed by atoms with van der Waals surface area (Å²) in [6.45, 7) is 2.92. The molecule has 0 atom stereocenters. The number of aromatic nitrogens is 3. The number of imidazole rings is 1. The van der Waals surface area contributed by atoms with Crippen molar-refractivity contribution in [1.29, 1.82) is 0 Å². The lowest BCUT2D eigenvalue weighted by Crippen LogP contribution is -2.07. The largest absolute Gasteiger partial charge is 0.473 e. The van der Waals surface area contributed by atoms with Crippen molar-refractivity contribution in [2.75, 3.05) is 20.3 Å². The Hall–Kier alpha value is -1.14. The predicted octanol–water partition coefficient (Wildman–Crippen LogP) is 1.83. The fourth-order valence-electron chi connectivity index (χ4n) is 1.38. The molecule has 0 saturated carbocycles. The third-order valence-electron chi connectivity index (χ3n) is 2.02. The summed E-state index contributed by atoms with van der Waals surface area (Å²) in [5.74, 6) is 0.513. The number of aryl methyl sites for hydroxylation is 1. The number of ether oxygens (including phenoxy) is 2. The number of nitrogens with zero attached hydrogens (tertiary/aromatic N) is 3. The van der Waals surface area contributed by atoms with Crippen LogP contribution in [0.5, 0.6) is 5.88 Å². The van der Waals surface area contributed by atoms with Crippen molar-refractivity contribution in [3.8, 4) is 5.88 Å². The van der Waals surface area contributed by atoms with Crippen LogP contribution in [0.3, 0.4) is 0 Å². The third kappa shape index (κ3) is 2.33. The van der Waals surface area contributed by atoms with Crippen LogP contribution in [0.2, 0.25) is 0 Å². The van der Waals surface area contributed by atoms with Crippen LogP contribution in [-0.2, 0) is 4.74 Å². The molecule has 6 heteroatoms. The van der Waals surface area contributed by atoms with E-state index in [0.717, 1.165) is 11.3 Å². The Bertz CT molecular complexity index is 498. The molecule has 0 spiro atoms. The molecule has 2 aromatic heterocycles. The normalized spacial score (nSPS) is 10.9. The van der Waals surface area contributed by atoms with Gasteiger partial charge >= 0.3 is 0 Å². The van der Waals surface area contributed by atoms with Crippen LogP contribution in [0, 0.1) is 6.92 Å². The summed E-state index contributed by atoms with van der Waals surface area (Å²) < 4.78 is 13.0. The molecule has 2 rings (SSSR count). The van der Waals surface area contributed by atoms with Crippen molar-refractivity contribution in [2.45, 2.75) is 6.92 Å². The van der Waals surface area contributed by atoms with Crippen molar-refractivity contribution in [2.24, 2.45) is 0 Å². The van der Waals surface area contributed by atoms with Gasteiger partial charge in [0.25, 0.3) is 5.88 Å². The van der Waals surface area contributed by atoms with Gasteiger partial charge in [-0.1, -0.05) is 0 Å². The monoisotopic (exact) mass is 285 g/mol. The first-order valence-electron chi connectivity index (χ1n) is 4.84. The van der Waals surface area contributed by atoms with Crippen LogP contribution in [0.25, 0.3) is 5.65 Å². The van der Waals surface area contributed by atoms with E-state index in [0.29, 0.717) is 23.7 Å². The van der Waals surface area contributed by atoms with E-state index in [9.17, 15) is 0 Å². The van der Waals surface area contributed by atoms with E-state index < -0.39 is 0 Å². The SMILES string of the molecule is COCCOc1nc(Br)cn2cc(C)nc12. The average Bonchev–Trinajstić information content (AvgIpc) is 2.58. The van der Waals surface area contributed by atoms with Gasteiger partial charge in [0.05, 0.1) is 12.3 Å². The van der Waals surface area contributed by atoms with Gasteiger partial charge in [-0.05, 0) is 22.9 Å². The molecule has 86 valence electrons. The number of hydrogen-bond donors (Lipinski definition) is 0. The van der Waals surface area contributed by atoms with E-state index in [1.165, 1.54) is 0 Å². The van der Waals surface area contributed by atoms with E-state index >= 15 is 0 Å². The molecule has 16 heavy (non-hydrogen) atoms. The summed E-state index contributed by atoms with van der Waals surface area (Å²) in [5.41, 5.74) is 1.65. The van der Waals surface area contributed by atoms with Gasteiger partial charge in [-0.3, -0.25) is 4.40 Å². The summed E-state index contributed by atoms with van der Waals surface area (Å²) in [6.07, 6.45) is 3.77. The molecule has 0 aromatic carbocycles. The van der Waals surface area contributed by atoms with Crippen LogP contribution in [0.4, 0.5) is 0 Å². The van der Waals surface area contributed by atoms with Crippen LogP contribution in [0.15, 0.2) is 17.0 Å². The standard InChI is InChI=1S/C10H12BrN3O2/c1-7-5-14-6-8(11)13-10(9(14)12-7)16-4-3-15-2/h5-6H,3-4H2,1-2H3. The summed E-state index contributed by atoms with van der Waals surface area (Å²) in [4.78, 5) is 8.59. The molecule has 0 bridgehead atoms. The Labute approximate surface area is 102 Å². The molecule has 2 heterocycles. The predicted molar refractivity (Wildman–Crippen MR) is 62.8 cm³/mol. The van der Waals surface area contributed by atoms with Gasteiger partial charge in [0.1, 0.15) is 11.2 Å². The molecule has 0 radical (unpaired) electrons. The Kier molecular flexibility index (Phi) is 3.40. The van der Waals surface area contributed by atoms with Gasteiger partial charge in [-0.2, -0.15) is 0 Å². The maximum Gasteiger partial charge on any atom is 0.259 e. The first-order chi connectivity index (χ1) is 7.70. The highest BCUT2D eigenvalue weighted by Gasteiger charge is 2.08. The topological polar surface area (TPSA) is 48.7 Å². The Balaban J connectivity index is 2.34. The zero-order valence-electron chi connectivity index (χ0n) is 9.11. The van der Waals surface area contributed by atoms with Gasteiger partial charge in [0, 0.05) is 19.5 Å². The number of hydrogen-bond acceptors (Lipinski definition) is 4. The van der Waals surface area contributed by atoms with Crippen molar-refractivity contribution < 1.29 is 9.47 Å². The zero-order chi connectivity index (χ0) is 11.5. The molecule has 0 N–H and O–H groups in total. The zero-order valence-corrected chi connectivity index (χ0v) is 10.7. The van der Waals surface area contributed by atoms with Crippen LogP contribution >= 0.6 is 15.9 Å². The second kappa shape index (κ2) is 4.80. The maximum absolute atomic E-state index is 5.50. The minimum atomic E-state index is 0.460. The van der Waals surface area contributed by atoms with E-state index in [4.69, 9.17) is 9.47 Å². The van der Waals surface area contributed by atoms with Gasteiger partial charge in [-0.15, -0.1) is 0 Å². The highest BCUT2D eigenvalue weighted by Crippen LogP contribution is 2.20. The molecule has 0 fully saturated rings. The summed E-state index contributed by atoms with van der Waals surface area (Å²) in [5, 5.41) is 0. The lowest BCUT2D eigenvalue weighted by Gasteiger charge is -2.05. The second-order valence-corrected chi connectivity index (χ2v) is 4.14. The summed E-state index contributed by atoms with van der Waals surface area (Å²) >= 11 is 3.33. The Morgan fingerprint density at radius 3 is 2.88 bits per heavy atom. The van der Waals surface area contributed by atoms with Gasteiger partial charge in [-0.25, -0.2) is 9.97 Å². The molecular formula is C10H12BrN3O2. The van der Waals surface area contributed by atoms with Crippen molar-refractivity contribution >= 4 is 21.6 Å². The summed E-state index contributed by atoms with van der Waals surface area (Å²) in [7, 11) is 1.63. The second-order valence-electron chi connectivity index (χ2n) is 3.32. The molecule has 0 aliphatic rings. The number of methoxy groups -OCH3 is 1. The maximum atomic E-state index is 5.50. The summed E-state index contributed by atoms with van der Waals surface area (Å²) in [6, 6.07) is 0. The fourth-order valence-corrected chi connectivity index (χ4v) is 1.76. The lowest BCUT2D eigenvalue weighted by molar-refractivity contribution is 0.144. The lowest BCUT2D eigenvalue weighted by atomic mass is 10.6. The van der Waals surface area contributed by atoms with Crippen LogP contribution in [0.1, 0.15) is 5.69 Å². The van der Waals surface area contributed by atoms with Gasteiger partial charge in [0.15, 0.2) is 0 Å². The molecule has 0 aliphatic heterocycles. The van der Waals surface area contributed by atoms with E-state index in [1.54, 1.807) is 7.11 Å². The first kappa shape index (κ1) is 11.3. The van der Waals surface area contributed by atoms with E-state index in [-0.39, 0.29) is 0 Å². The molecule has 0 saturated heterocycles. The van der Waals surface area contributed by atoms with E-state index in [2.05, 4.69) is 25.9 Å². The number of fused-ring (bicyclic) bond motifs is 1. The minimum absolute atomic E-state index is 0.460. The Morgan fingerprint density at radius 1 is 1.31 bits per heavy atom. The van der Waals surface area contributed by atoms with Crippen molar-refractivity contribution in [3.05, 3.63) is 22.7 Å². The molecule has 0 amide bonds. The minimum Gasteiger partial charge on any atom is -0.473 e. The van der Waals surface area contributed by atoms with E-state index in [1.807, 2.05) is 23.7 Å². The average molecular weight is 286 g/mol. The molecule has 0 unspecified atom stereocenters. The molecule has 2 aromatic rings. The van der Waals surface area contributed by atoms with Crippen molar-refractivity contribution in [3.63, 3.8) is 0 Å². The fraction of sp³-hybridized carbons (Fsp3) is 0.400. The first-order valence-corrected chi connectivity index (χ1v) is 5.63. The quantitative estimate of drug-likeness (QED) is 0.804.